The van der Waals surface area contributed by atoms with E-state index in [1.807, 2.05) is 29.7 Å². The quantitative estimate of drug-likeness (QED) is 0.813. The molecule has 5 heteroatoms. The predicted octanol–water partition coefficient (Wildman–Crippen LogP) is 1.61. The summed E-state index contributed by atoms with van der Waals surface area (Å²) in [6, 6.07) is 3.87. The summed E-state index contributed by atoms with van der Waals surface area (Å²) in [4.78, 5) is 15.8. The van der Waals surface area contributed by atoms with Crippen molar-refractivity contribution in [3.63, 3.8) is 0 Å². The smallest absolute Gasteiger partial charge is 0.271 e. The number of halogens is 1. The monoisotopic (exact) mass is 315 g/mol. The molecule has 2 aromatic heterocycles. The molecule has 2 rings (SSSR count). The molecule has 0 saturated carbocycles. The van der Waals surface area contributed by atoms with Crippen LogP contribution in [0.1, 0.15) is 16.2 Å². The van der Waals surface area contributed by atoms with Crippen molar-refractivity contribution in [2.45, 2.75) is 6.92 Å². The molecule has 0 bridgehead atoms. The van der Waals surface area contributed by atoms with Gasteiger partial charge in [-0.2, -0.15) is 0 Å². The third-order valence-electron chi connectivity index (χ3n) is 2.26. The van der Waals surface area contributed by atoms with Crippen molar-refractivity contribution in [1.82, 2.24) is 14.7 Å². The molecule has 4 nitrogen and oxygen atoms in total. The van der Waals surface area contributed by atoms with E-state index in [0.717, 1.165) is 14.9 Å². The summed E-state index contributed by atoms with van der Waals surface area (Å²) in [5, 5.41) is 2.58. The zero-order valence-electron chi connectivity index (χ0n) is 8.41. The van der Waals surface area contributed by atoms with Crippen LogP contribution in [0.25, 0.3) is 5.65 Å². The molecule has 0 aromatic carbocycles. The summed E-state index contributed by atoms with van der Waals surface area (Å²) in [6.07, 6.45) is 1.96. The molecule has 2 heterocycles. The lowest BCUT2D eigenvalue weighted by molar-refractivity contribution is 0.0958. The van der Waals surface area contributed by atoms with Crippen LogP contribution in [0.3, 0.4) is 0 Å². The van der Waals surface area contributed by atoms with Gasteiger partial charge in [0.15, 0.2) is 0 Å². The second-order valence-corrected chi connectivity index (χ2v) is 4.45. The first kappa shape index (κ1) is 10.4. The van der Waals surface area contributed by atoms with Gasteiger partial charge in [0.05, 0.1) is 5.69 Å². The summed E-state index contributed by atoms with van der Waals surface area (Å²) >= 11 is 2.23. The molecule has 0 unspecified atom stereocenters. The summed E-state index contributed by atoms with van der Waals surface area (Å²) in [5.41, 5.74) is 2.15. The number of hydrogen-bond donors (Lipinski definition) is 1. The number of aromatic nitrogens is 2. The fourth-order valence-corrected chi connectivity index (χ4v) is 1.93. The Morgan fingerprint density at radius 1 is 1.53 bits per heavy atom. The lowest BCUT2D eigenvalue weighted by Gasteiger charge is -1.97. The zero-order valence-corrected chi connectivity index (χ0v) is 10.6. The maximum absolute atomic E-state index is 11.5. The largest absolute Gasteiger partial charge is 0.354 e. The number of aryl methyl sites for hydroxylation is 1. The lowest BCUT2D eigenvalue weighted by Crippen LogP contribution is -2.19. The van der Waals surface area contributed by atoms with Crippen molar-refractivity contribution in [1.29, 1.82) is 0 Å². The second-order valence-electron chi connectivity index (χ2n) is 3.20. The Balaban J connectivity index is 2.69. The van der Waals surface area contributed by atoms with Crippen molar-refractivity contribution < 1.29 is 4.79 Å². The average Bonchev–Trinajstić information content (AvgIpc) is 2.55. The highest BCUT2D eigenvalue weighted by Gasteiger charge is 2.13. The van der Waals surface area contributed by atoms with Gasteiger partial charge < -0.3 is 9.72 Å². The molecule has 0 saturated heterocycles. The molecule has 2 aromatic rings. The van der Waals surface area contributed by atoms with Gasteiger partial charge in [0.1, 0.15) is 11.3 Å². The summed E-state index contributed by atoms with van der Waals surface area (Å²) < 4.78 is 3.04. The Kier molecular flexibility index (Phi) is 2.64. The van der Waals surface area contributed by atoms with Crippen molar-refractivity contribution in [2.75, 3.05) is 7.05 Å². The Bertz CT molecular complexity index is 533. The summed E-state index contributed by atoms with van der Waals surface area (Å²) in [6.45, 7) is 1.89. The van der Waals surface area contributed by atoms with E-state index in [9.17, 15) is 4.79 Å². The topological polar surface area (TPSA) is 46.4 Å². The number of nitrogens with zero attached hydrogens (tertiary/aromatic N) is 2. The number of carbonyl (C=O) groups is 1. The van der Waals surface area contributed by atoms with Gasteiger partial charge >= 0.3 is 0 Å². The maximum atomic E-state index is 11.5. The van der Waals surface area contributed by atoms with E-state index in [-0.39, 0.29) is 5.91 Å². The maximum Gasteiger partial charge on any atom is 0.271 e. The van der Waals surface area contributed by atoms with E-state index in [1.54, 1.807) is 7.05 Å². The third kappa shape index (κ3) is 1.71. The zero-order chi connectivity index (χ0) is 11.0. The van der Waals surface area contributed by atoms with E-state index < -0.39 is 0 Å². The highest BCUT2D eigenvalue weighted by Crippen LogP contribution is 2.14. The molecule has 0 aliphatic carbocycles. The van der Waals surface area contributed by atoms with Gasteiger partial charge in [-0.15, -0.1) is 0 Å². The summed E-state index contributed by atoms with van der Waals surface area (Å²) in [5.74, 6) is -0.147. The molecule has 1 N–H and O–H groups in total. The molecular formula is C10H10IN3O. The van der Waals surface area contributed by atoms with E-state index >= 15 is 0 Å². The van der Waals surface area contributed by atoms with E-state index in [1.165, 1.54) is 0 Å². The Labute approximate surface area is 101 Å². The average molecular weight is 315 g/mol. The SMILES string of the molecule is CNC(=O)c1nc2ccc(I)cn2c1C. The Morgan fingerprint density at radius 3 is 2.93 bits per heavy atom. The minimum atomic E-state index is -0.147. The van der Waals surface area contributed by atoms with E-state index in [2.05, 4.69) is 32.9 Å². The first-order valence-electron chi connectivity index (χ1n) is 4.50. The van der Waals surface area contributed by atoms with Gasteiger partial charge in [-0.05, 0) is 41.6 Å². The van der Waals surface area contributed by atoms with Crippen LogP contribution in [0.4, 0.5) is 0 Å². The molecule has 0 spiro atoms. The second kappa shape index (κ2) is 3.80. The molecule has 0 aliphatic rings. The lowest BCUT2D eigenvalue weighted by atomic mass is 10.3. The van der Waals surface area contributed by atoms with Gasteiger partial charge in [-0.25, -0.2) is 4.98 Å². The first-order valence-corrected chi connectivity index (χ1v) is 5.57. The van der Waals surface area contributed by atoms with Gasteiger partial charge in [0.25, 0.3) is 5.91 Å². The van der Waals surface area contributed by atoms with Gasteiger partial charge in [-0.3, -0.25) is 4.79 Å². The molecule has 0 fully saturated rings. The molecular weight excluding hydrogens is 305 g/mol. The van der Waals surface area contributed by atoms with Crippen molar-refractivity contribution >= 4 is 34.1 Å². The van der Waals surface area contributed by atoms with Crippen molar-refractivity contribution in [2.24, 2.45) is 0 Å². The van der Waals surface area contributed by atoms with Gasteiger partial charge in [0.2, 0.25) is 0 Å². The Morgan fingerprint density at radius 2 is 2.27 bits per heavy atom. The van der Waals surface area contributed by atoms with Crippen molar-refractivity contribution in [3.8, 4) is 0 Å². The Hall–Kier alpha value is -1.11. The standard InChI is InChI=1S/C10H10IN3O/c1-6-9(10(15)12-2)13-8-4-3-7(11)5-14(6)8/h3-5H,1-2H3,(H,12,15). The molecule has 1 amide bonds. The number of rotatable bonds is 1. The molecule has 0 radical (unpaired) electrons. The molecule has 0 aliphatic heterocycles. The highest BCUT2D eigenvalue weighted by molar-refractivity contribution is 14.1. The minimum absolute atomic E-state index is 0.147. The van der Waals surface area contributed by atoms with Crippen LogP contribution < -0.4 is 5.32 Å². The molecule has 0 atom stereocenters. The number of pyridine rings is 1. The first-order chi connectivity index (χ1) is 7.13. The van der Waals surface area contributed by atoms with E-state index in [0.29, 0.717) is 5.69 Å². The summed E-state index contributed by atoms with van der Waals surface area (Å²) in [7, 11) is 1.61. The van der Waals surface area contributed by atoms with Crippen LogP contribution in [0.15, 0.2) is 18.3 Å². The number of imidazole rings is 1. The van der Waals surface area contributed by atoms with Crippen LogP contribution >= 0.6 is 22.6 Å². The number of fused-ring (bicyclic) bond motifs is 1. The molecule has 78 valence electrons. The number of amides is 1. The minimum Gasteiger partial charge on any atom is -0.354 e. The van der Waals surface area contributed by atoms with Crippen LogP contribution in [0, 0.1) is 10.5 Å². The van der Waals surface area contributed by atoms with Crippen molar-refractivity contribution in [3.05, 3.63) is 33.3 Å². The van der Waals surface area contributed by atoms with Crippen LogP contribution in [0.5, 0.6) is 0 Å². The number of carbonyl (C=O) groups excluding carboxylic acids is 1. The normalized spacial score (nSPS) is 10.6. The third-order valence-corrected chi connectivity index (χ3v) is 2.90. The van der Waals surface area contributed by atoms with Crippen LogP contribution in [-0.4, -0.2) is 22.3 Å². The van der Waals surface area contributed by atoms with Crippen LogP contribution in [-0.2, 0) is 0 Å². The van der Waals surface area contributed by atoms with Crippen LogP contribution in [0.2, 0.25) is 0 Å². The predicted molar refractivity (Wildman–Crippen MR) is 66.0 cm³/mol. The fourth-order valence-electron chi connectivity index (χ4n) is 1.47. The number of nitrogens with one attached hydrogen (secondary N) is 1. The number of hydrogen-bond acceptors (Lipinski definition) is 2. The van der Waals surface area contributed by atoms with E-state index in [4.69, 9.17) is 0 Å². The van der Waals surface area contributed by atoms with Gasteiger partial charge in [-0.1, -0.05) is 0 Å². The van der Waals surface area contributed by atoms with Gasteiger partial charge in [0, 0.05) is 16.8 Å². The highest BCUT2D eigenvalue weighted by atomic mass is 127. The fraction of sp³-hybridized carbons (Fsp3) is 0.200. The molecule has 15 heavy (non-hydrogen) atoms.